The quantitative estimate of drug-likeness (QED) is 0.828. The Hall–Kier alpha value is -0.500. The SMILES string of the molecule is COc1cc(Br)ccc1[C@@H](CC(F)(F)F)N1CCNCC1.Cl. The molecule has 0 aromatic heterocycles. The van der Waals surface area contributed by atoms with Crippen molar-refractivity contribution in [2.75, 3.05) is 33.3 Å². The van der Waals surface area contributed by atoms with Gasteiger partial charge in [-0.05, 0) is 12.1 Å². The summed E-state index contributed by atoms with van der Waals surface area (Å²) in [4.78, 5) is 1.87. The van der Waals surface area contributed by atoms with Crippen LogP contribution in [0.25, 0.3) is 0 Å². The minimum atomic E-state index is -4.21. The fraction of sp³-hybridized carbons (Fsp3) is 0.571. The van der Waals surface area contributed by atoms with Crippen LogP contribution in [0.4, 0.5) is 13.2 Å². The van der Waals surface area contributed by atoms with E-state index in [0.29, 0.717) is 37.5 Å². The molecule has 8 heteroatoms. The highest BCUT2D eigenvalue weighted by molar-refractivity contribution is 9.10. The molecule has 1 aliphatic heterocycles. The Morgan fingerprint density at radius 3 is 2.50 bits per heavy atom. The van der Waals surface area contributed by atoms with Gasteiger partial charge in [-0.2, -0.15) is 13.2 Å². The van der Waals surface area contributed by atoms with E-state index in [0.717, 1.165) is 4.47 Å². The standard InChI is InChI=1S/C14H18BrF3N2O.ClH/c1-21-13-8-10(15)2-3-11(13)12(9-14(16,17)18)20-6-4-19-5-7-20;/h2-3,8,12,19H,4-7,9H2,1H3;1H/t12-;/m1./s1. The van der Waals surface area contributed by atoms with Crippen molar-refractivity contribution in [2.24, 2.45) is 0 Å². The maximum Gasteiger partial charge on any atom is 0.390 e. The molecule has 0 amide bonds. The Labute approximate surface area is 142 Å². The van der Waals surface area contributed by atoms with E-state index < -0.39 is 18.6 Å². The Kier molecular flexibility index (Phi) is 7.45. The van der Waals surface area contributed by atoms with Crippen molar-refractivity contribution in [1.29, 1.82) is 0 Å². The fourth-order valence-electron chi connectivity index (χ4n) is 2.61. The van der Waals surface area contributed by atoms with Crippen LogP contribution < -0.4 is 10.1 Å². The molecule has 0 unspecified atom stereocenters. The summed E-state index contributed by atoms with van der Waals surface area (Å²) in [6.07, 6.45) is -5.08. The molecule has 0 radical (unpaired) electrons. The minimum Gasteiger partial charge on any atom is -0.496 e. The highest BCUT2D eigenvalue weighted by Gasteiger charge is 2.37. The van der Waals surface area contributed by atoms with Crippen LogP contribution in [0.2, 0.25) is 0 Å². The lowest BCUT2D eigenvalue weighted by molar-refractivity contribution is -0.148. The van der Waals surface area contributed by atoms with Crippen molar-refractivity contribution in [1.82, 2.24) is 10.2 Å². The maximum atomic E-state index is 13.0. The van der Waals surface area contributed by atoms with Gasteiger partial charge in [0.15, 0.2) is 0 Å². The first kappa shape index (κ1) is 19.5. The van der Waals surface area contributed by atoms with Gasteiger partial charge < -0.3 is 10.1 Å². The number of hydrogen-bond acceptors (Lipinski definition) is 3. The van der Waals surface area contributed by atoms with E-state index in [4.69, 9.17) is 4.74 Å². The number of ether oxygens (including phenoxy) is 1. The largest absolute Gasteiger partial charge is 0.496 e. The molecule has 1 aromatic rings. The van der Waals surface area contributed by atoms with Crippen LogP contribution in [0.5, 0.6) is 5.75 Å². The van der Waals surface area contributed by atoms with Crippen molar-refractivity contribution >= 4 is 28.3 Å². The highest BCUT2D eigenvalue weighted by atomic mass is 79.9. The second-order valence-corrected chi connectivity index (χ2v) is 5.92. The number of benzene rings is 1. The number of nitrogens with one attached hydrogen (secondary N) is 1. The van der Waals surface area contributed by atoms with Crippen molar-refractivity contribution < 1.29 is 17.9 Å². The smallest absolute Gasteiger partial charge is 0.390 e. The van der Waals surface area contributed by atoms with E-state index in [2.05, 4.69) is 21.2 Å². The molecule has 3 nitrogen and oxygen atoms in total. The summed E-state index contributed by atoms with van der Waals surface area (Å²) in [5.41, 5.74) is 0.583. The molecule has 1 saturated heterocycles. The molecule has 0 bridgehead atoms. The van der Waals surface area contributed by atoms with E-state index in [9.17, 15) is 13.2 Å². The van der Waals surface area contributed by atoms with Gasteiger partial charge in [-0.1, -0.05) is 22.0 Å². The average molecular weight is 404 g/mol. The summed E-state index contributed by atoms with van der Waals surface area (Å²) < 4.78 is 45.0. The Morgan fingerprint density at radius 2 is 1.95 bits per heavy atom. The van der Waals surface area contributed by atoms with Gasteiger partial charge in [0.25, 0.3) is 0 Å². The third kappa shape index (κ3) is 5.30. The number of piperazine rings is 1. The molecule has 1 fully saturated rings. The van der Waals surface area contributed by atoms with Crippen molar-refractivity contribution in [3.8, 4) is 5.75 Å². The summed E-state index contributed by atoms with van der Waals surface area (Å²) >= 11 is 3.32. The van der Waals surface area contributed by atoms with Crippen LogP contribution in [0.15, 0.2) is 22.7 Å². The number of rotatable bonds is 4. The van der Waals surface area contributed by atoms with E-state index in [1.165, 1.54) is 7.11 Å². The topological polar surface area (TPSA) is 24.5 Å². The number of alkyl halides is 3. The molecule has 0 spiro atoms. The zero-order valence-electron chi connectivity index (χ0n) is 12.1. The predicted molar refractivity (Wildman–Crippen MR) is 85.8 cm³/mol. The van der Waals surface area contributed by atoms with Crippen LogP contribution >= 0.6 is 28.3 Å². The molecule has 1 N–H and O–H groups in total. The molecule has 0 saturated carbocycles. The molecular formula is C14H19BrClF3N2O. The van der Waals surface area contributed by atoms with Crippen molar-refractivity contribution in [2.45, 2.75) is 18.6 Å². The first-order valence-corrected chi connectivity index (χ1v) is 7.55. The first-order chi connectivity index (χ1) is 9.90. The third-order valence-electron chi connectivity index (χ3n) is 3.57. The molecule has 1 heterocycles. The monoisotopic (exact) mass is 402 g/mol. The van der Waals surface area contributed by atoms with Gasteiger partial charge in [-0.25, -0.2) is 0 Å². The summed E-state index contributed by atoms with van der Waals surface area (Å²) in [6, 6.07) is 4.46. The van der Waals surface area contributed by atoms with E-state index in [-0.39, 0.29) is 12.4 Å². The third-order valence-corrected chi connectivity index (χ3v) is 4.06. The van der Waals surface area contributed by atoms with Gasteiger partial charge >= 0.3 is 6.18 Å². The minimum absolute atomic E-state index is 0. The molecule has 0 aliphatic carbocycles. The second kappa shape index (κ2) is 8.38. The van der Waals surface area contributed by atoms with Crippen molar-refractivity contribution in [3.05, 3.63) is 28.2 Å². The van der Waals surface area contributed by atoms with Gasteiger partial charge in [-0.15, -0.1) is 12.4 Å². The predicted octanol–water partition coefficient (Wildman–Crippen LogP) is 3.78. The molecule has 126 valence electrons. The molecule has 2 rings (SSSR count). The van der Waals surface area contributed by atoms with E-state index in [1.807, 2.05) is 4.90 Å². The molecule has 1 aromatic carbocycles. The van der Waals surface area contributed by atoms with Crippen LogP contribution in [0.3, 0.4) is 0 Å². The summed E-state index contributed by atoms with van der Waals surface area (Å²) in [7, 11) is 1.48. The molecule has 1 aliphatic rings. The fourth-order valence-corrected chi connectivity index (χ4v) is 2.95. The summed E-state index contributed by atoms with van der Waals surface area (Å²) in [5.74, 6) is 0.483. The Bertz CT molecular complexity index is 482. The maximum absolute atomic E-state index is 13.0. The summed E-state index contributed by atoms with van der Waals surface area (Å²) in [5, 5.41) is 3.16. The van der Waals surface area contributed by atoms with E-state index >= 15 is 0 Å². The second-order valence-electron chi connectivity index (χ2n) is 5.01. The zero-order valence-corrected chi connectivity index (χ0v) is 14.5. The lowest BCUT2D eigenvalue weighted by Crippen LogP contribution is -2.46. The van der Waals surface area contributed by atoms with Crippen molar-refractivity contribution in [3.63, 3.8) is 0 Å². The van der Waals surface area contributed by atoms with Crippen LogP contribution in [0, 0.1) is 0 Å². The van der Waals surface area contributed by atoms with Gasteiger partial charge in [0, 0.05) is 42.3 Å². The lowest BCUT2D eigenvalue weighted by Gasteiger charge is -2.36. The van der Waals surface area contributed by atoms with Gasteiger partial charge in [-0.3, -0.25) is 4.90 Å². The number of nitrogens with zero attached hydrogens (tertiary/aromatic N) is 1. The zero-order chi connectivity index (χ0) is 15.5. The average Bonchev–Trinajstić information content (AvgIpc) is 2.45. The molecular weight excluding hydrogens is 385 g/mol. The number of hydrogen-bond donors (Lipinski definition) is 1. The Morgan fingerprint density at radius 1 is 1.32 bits per heavy atom. The van der Waals surface area contributed by atoms with Crippen LogP contribution in [-0.4, -0.2) is 44.4 Å². The molecule has 22 heavy (non-hydrogen) atoms. The first-order valence-electron chi connectivity index (χ1n) is 6.75. The van der Waals surface area contributed by atoms with Crippen LogP contribution in [0.1, 0.15) is 18.0 Å². The van der Waals surface area contributed by atoms with Gasteiger partial charge in [0.1, 0.15) is 5.75 Å². The Balaban J connectivity index is 0.00000242. The number of halogens is 5. The summed E-state index contributed by atoms with van der Waals surface area (Å²) in [6.45, 7) is 2.60. The van der Waals surface area contributed by atoms with Gasteiger partial charge in [0.2, 0.25) is 0 Å². The number of methoxy groups -OCH3 is 1. The van der Waals surface area contributed by atoms with E-state index in [1.54, 1.807) is 18.2 Å². The lowest BCUT2D eigenvalue weighted by atomic mass is 9.99. The normalized spacial score (nSPS) is 17.7. The highest BCUT2D eigenvalue weighted by Crippen LogP contribution is 2.38. The molecule has 1 atom stereocenters. The van der Waals surface area contributed by atoms with Gasteiger partial charge in [0.05, 0.1) is 13.5 Å². The van der Waals surface area contributed by atoms with Crippen LogP contribution in [-0.2, 0) is 0 Å².